The Morgan fingerprint density at radius 2 is 2.20 bits per heavy atom. The Balaban J connectivity index is 1.82. The van der Waals surface area contributed by atoms with Crippen LogP contribution in [0.2, 0.25) is 0 Å². The van der Waals surface area contributed by atoms with E-state index in [-0.39, 0.29) is 5.82 Å². The molecule has 0 fully saturated rings. The fourth-order valence-electron chi connectivity index (χ4n) is 1.98. The first kappa shape index (κ1) is 12.4. The summed E-state index contributed by atoms with van der Waals surface area (Å²) < 4.78 is 18.8. The van der Waals surface area contributed by atoms with E-state index in [1.165, 1.54) is 6.07 Å². The van der Waals surface area contributed by atoms with Gasteiger partial charge >= 0.3 is 0 Å². The van der Waals surface area contributed by atoms with Crippen LogP contribution in [0.1, 0.15) is 11.3 Å². The quantitative estimate of drug-likeness (QED) is 0.765. The molecule has 2 N–H and O–H groups in total. The van der Waals surface area contributed by atoms with Gasteiger partial charge in [0.05, 0.1) is 11.9 Å². The van der Waals surface area contributed by atoms with Crippen LogP contribution in [0, 0.1) is 12.7 Å². The molecule has 20 heavy (non-hydrogen) atoms. The number of aromatic nitrogens is 3. The summed E-state index contributed by atoms with van der Waals surface area (Å²) in [4.78, 5) is 0. The van der Waals surface area contributed by atoms with Crippen LogP contribution >= 0.6 is 0 Å². The highest BCUT2D eigenvalue weighted by molar-refractivity contribution is 5.63. The van der Waals surface area contributed by atoms with Gasteiger partial charge in [0.1, 0.15) is 11.6 Å². The number of hydrogen-bond donors (Lipinski definition) is 2. The highest BCUT2D eigenvalue weighted by Crippen LogP contribution is 2.24. The number of H-pyrrole nitrogens is 1. The predicted octanol–water partition coefficient (Wildman–Crippen LogP) is 3.12. The van der Waals surface area contributed by atoms with Crippen LogP contribution in [0.5, 0.6) is 0 Å². The van der Waals surface area contributed by atoms with Gasteiger partial charge in [0, 0.05) is 23.7 Å². The second kappa shape index (κ2) is 5.16. The van der Waals surface area contributed by atoms with E-state index in [2.05, 4.69) is 20.7 Å². The van der Waals surface area contributed by atoms with Gasteiger partial charge in [-0.3, -0.25) is 5.10 Å². The molecule has 0 aliphatic heterocycles. The molecule has 0 radical (unpaired) electrons. The first-order chi connectivity index (χ1) is 9.74. The number of halogens is 1. The molecular weight excluding hydrogens is 259 g/mol. The lowest BCUT2D eigenvalue weighted by molar-refractivity contribution is 0.399. The molecule has 1 aromatic carbocycles. The smallest absolute Gasteiger partial charge is 0.169 e. The van der Waals surface area contributed by atoms with E-state index in [0.29, 0.717) is 23.6 Å². The van der Waals surface area contributed by atoms with Gasteiger partial charge in [-0.25, -0.2) is 4.39 Å². The Bertz CT molecular complexity index is 719. The number of nitrogens with one attached hydrogen (secondary N) is 2. The van der Waals surface area contributed by atoms with Crippen LogP contribution in [0.3, 0.4) is 0 Å². The Labute approximate surface area is 114 Å². The monoisotopic (exact) mass is 272 g/mol. The van der Waals surface area contributed by atoms with Gasteiger partial charge in [0.15, 0.2) is 5.82 Å². The summed E-state index contributed by atoms with van der Waals surface area (Å²) in [5.74, 6) is 1.09. The fraction of sp³-hybridized carbons (Fsp3) is 0.143. The molecule has 102 valence electrons. The van der Waals surface area contributed by atoms with Crippen molar-refractivity contribution < 1.29 is 8.91 Å². The first-order valence-corrected chi connectivity index (χ1v) is 6.18. The van der Waals surface area contributed by atoms with Crippen molar-refractivity contribution in [2.24, 2.45) is 0 Å². The summed E-state index contributed by atoms with van der Waals surface area (Å²) >= 11 is 0. The number of rotatable bonds is 4. The van der Waals surface area contributed by atoms with Gasteiger partial charge in [-0.2, -0.15) is 5.10 Å². The van der Waals surface area contributed by atoms with Crippen molar-refractivity contribution in [3.05, 3.63) is 53.7 Å². The maximum atomic E-state index is 13.8. The molecule has 2 aromatic heterocycles. The summed E-state index contributed by atoms with van der Waals surface area (Å²) in [6.07, 6.45) is 1.67. The third-order valence-corrected chi connectivity index (χ3v) is 2.95. The zero-order chi connectivity index (χ0) is 13.9. The molecule has 5 nitrogen and oxygen atoms in total. The Kier molecular flexibility index (Phi) is 3.20. The van der Waals surface area contributed by atoms with Gasteiger partial charge in [-0.15, -0.1) is 0 Å². The van der Waals surface area contributed by atoms with E-state index in [1.807, 2.05) is 6.92 Å². The standard InChI is InChI=1S/C14H13FN4O/c1-9-6-13(19-20-9)16-7-10-8-17-18-14(10)11-4-2-3-5-12(11)15/h2-6,8H,7H2,1H3,(H,16,19)(H,17,18). The zero-order valence-corrected chi connectivity index (χ0v) is 10.9. The summed E-state index contributed by atoms with van der Waals surface area (Å²) in [6.45, 7) is 2.30. The topological polar surface area (TPSA) is 66.7 Å². The van der Waals surface area contributed by atoms with Crippen molar-refractivity contribution >= 4 is 5.82 Å². The van der Waals surface area contributed by atoms with Crippen molar-refractivity contribution in [1.82, 2.24) is 15.4 Å². The summed E-state index contributed by atoms with van der Waals surface area (Å²) in [6, 6.07) is 8.38. The SMILES string of the molecule is Cc1cc(NCc2cn[nH]c2-c2ccccc2F)no1. The van der Waals surface area contributed by atoms with E-state index in [4.69, 9.17) is 4.52 Å². The van der Waals surface area contributed by atoms with E-state index < -0.39 is 0 Å². The maximum Gasteiger partial charge on any atom is 0.169 e. The molecule has 0 saturated heterocycles. The van der Waals surface area contributed by atoms with E-state index in [9.17, 15) is 4.39 Å². The van der Waals surface area contributed by atoms with Crippen LogP contribution in [0.15, 0.2) is 41.1 Å². The minimum Gasteiger partial charge on any atom is -0.363 e. The molecule has 0 saturated carbocycles. The number of aryl methyl sites for hydroxylation is 1. The largest absolute Gasteiger partial charge is 0.363 e. The highest BCUT2D eigenvalue weighted by Gasteiger charge is 2.11. The molecule has 0 atom stereocenters. The summed E-state index contributed by atoms with van der Waals surface area (Å²) in [5, 5.41) is 13.8. The number of aromatic amines is 1. The Morgan fingerprint density at radius 1 is 1.35 bits per heavy atom. The van der Waals surface area contributed by atoms with Crippen LogP contribution in [-0.4, -0.2) is 15.4 Å². The van der Waals surface area contributed by atoms with Crippen LogP contribution < -0.4 is 5.32 Å². The molecule has 6 heteroatoms. The van der Waals surface area contributed by atoms with Gasteiger partial charge < -0.3 is 9.84 Å². The number of hydrogen-bond acceptors (Lipinski definition) is 4. The molecule has 0 spiro atoms. The minimum atomic E-state index is -0.282. The maximum absolute atomic E-state index is 13.8. The number of benzene rings is 1. The van der Waals surface area contributed by atoms with Gasteiger partial charge in [-0.1, -0.05) is 17.3 Å². The molecule has 0 amide bonds. The summed E-state index contributed by atoms with van der Waals surface area (Å²) in [5.41, 5.74) is 2.02. The van der Waals surface area contributed by atoms with Crippen molar-refractivity contribution in [3.8, 4) is 11.3 Å². The van der Waals surface area contributed by atoms with Gasteiger partial charge in [-0.05, 0) is 19.1 Å². The zero-order valence-electron chi connectivity index (χ0n) is 10.9. The van der Waals surface area contributed by atoms with Crippen LogP contribution in [0.4, 0.5) is 10.2 Å². The van der Waals surface area contributed by atoms with E-state index >= 15 is 0 Å². The van der Waals surface area contributed by atoms with E-state index in [0.717, 1.165) is 11.3 Å². The van der Waals surface area contributed by atoms with E-state index in [1.54, 1.807) is 30.5 Å². The van der Waals surface area contributed by atoms with Crippen molar-refractivity contribution in [2.75, 3.05) is 5.32 Å². The fourth-order valence-corrected chi connectivity index (χ4v) is 1.98. The third-order valence-electron chi connectivity index (χ3n) is 2.95. The van der Waals surface area contributed by atoms with Crippen molar-refractivity contribution in [2.45, 2.75) is 13.5 Å². The molecular formula is C14H13FN4O. The molecule has 0 aliphatic carbocycles. The van der Waals surface area contributed by atoms with Gasteiger partial charge in [0.2, 0.25) is 0 Å². The van der Waals surface area contributed by atoms with Crippen molar-refractivity contribution in [1.29, 1.82) is 0 Å². The second-order valence-electron chi connectivity index (χ2n) is 4.43. The van der Waals surface area contributed by atoms with Gasteiger partial charge in [0.25, 0.3) is 0 Å². The lowest BCUT2D eigenvalue weighted by atomic mass is 10.1. The first-order valence-electron chi connectivity index (χ1n) is 6.18. The average molecular weight is 272 g/mol. The normalized spacial score (nSPS) is 10.7. The van der Waals surface area contributed by atoms with Crippen LogP contribution in [-0.2, 0) is 6.54 Å². The highest BCUT2D eigenvalue weighted by atomic mass is 19.1. The Hall–Kier alpha value is -2.63. The number of nitrogens with zero attached hydrogens (tertiary/aromatic N) is 2. The Morgan fingerprint density at radius 3 is 2.95 bits per heavy atom. The summed E-state index contributed by atoms with van der Waals surface area (Å²) in [7, 11) is 0. The molecule has 3 rings (SSSR count). The third kappa shape index (κ3) is 2.40. The van der Waals surface area contributed by atoms with Crippen LogP contribution in [0.25, 0.3) is 11.3 Å². The lowest BCUT2D eigenvalue weighted by Gasteiger charge is -2.05. The lowest BCUT2D eigenvalue weighted by Crippen LogP contribution is -2.00. The molecule has 2 heterocycles. The van der Waals surface area contributed by atoms with Crippen molar-refractivity contribution in [3.63, 3.8) is 0 Å². The number of anilines is 1. The minimum absolute atomic E-state index is 0.282. The predicted molar refractivity (Wildman–Crippen MR) is 72.5 cm³/mol. The second-order valence-corrected chi connectivity index (χ2v) is 4.43. The molecule has 0 aliphatic rings. The molecule has 0 bridgehead atoms. The average Bonchev–Trinajstić information content (AvgIpc) is 3.06. The molecule has 0 unspecified atom stereocenters. The molecule has 3 aromatic rings.